The van der Waals surface area contributed by atoms with E-state index >= 15 is 0 Å². The topological polar surface area (TPSA) is 17.1 Å². The number of aldehydes is 1. The predicted octanol–water partition coefficient (Wildman–Crippen LogP) is 3.41. The van der Waals surface area contributed by atoms with Crippen LogP contribution in [0.2, 0.25) is 0 Å². The summed E-state index contributed by atoms with van der Waals surface area (Å²) in [6.07, 6.45) is 0.884. The lowest BCUT2D eigenvalue weighted by Crippen LogP contribution is -2.17. The highest BCUT2D eigenvalue weighted by atomic mass is 35.5. The molecule has 1 rings (SSSR count). The third-order valence-corrected chi connectivity index (χ3v) is 2.78. The van der Waals surface area contributed by atoms with E-state index < -0.39 is 4.84 Å². The second-order valence-electron chi connectivity index (χ2n) is 3.27. The fraction of sp³-hybridized carbons (Fsp3) is 0.364. The van der Waals surface area contributed by atoms with Crippen LogP contribution in [-0.2, 0) is 4.79 Å². The first-order valence-electron chi connectivity index (χ1n) is 4.45. The standard InChI is InChI=1S/C11H12Cl2O/c1-8(7-14)10(11(12)13)9-5-3-2-4-6-9/h2-8,10-11H,1H3. The van der Waals surface area contributed by atoms with Crippen LogP contribution in [0.4, 0.5) is 0 Å². The molecule has 0 aromatic heterocycles. The van der Waals surface area contributed by atoms with Gasteiger partial charge >= 0.3 is 0 Å². The summed E-state index contributed by atoms with van der Waals surface area (Å²) in [5.41, 5.74) is 1.00. The van der Waals surface area contributed by atoms with Crippen molar-refractivity contribution >= 4 is 29.5 Å². The molecule has 1 aromatic rings. The number of hydrogen-bond donors (Lipinski definition) is 0. The third-order valence-electron chi connectivity index (χ3n) is 2.24. The molecule has 0 heterocycles. The zero-order valence-electron chi connectivity index (χ0n) is 7.86. The third kappa shape index (κ3) is 2.73. The Morgan fingerprint density at radius 1 is 1.21 bits per heavy atom. The van der Waals surface area contributed by atoms with Gasteiger partial charge in [0, 0.05) is 11.8 Å². The lowest BCUT2D eigenvalue weighted by atomic mass is 9.90. The summed E-state index contributed by atoms with van der Waals surface area (Å²) < 4.78 is 0. The van der Waals surface area contributed by atoms with E-state index in [1.54, 1.807) is 0 Å². The van der Waals surface area contributed by atoms with Crippen molar-refractivity contribution in [3.05, 3.63) is 35.9 Å². The first kappa shape index (κ1) is 11.5. The minimum atomic E-state index is -0.558. The number of hydrogen-bond acceptors (Lipinski definition) is 1. The van der Waals surface area contributed by atoms with Crippen LogP contribution in [0.5, 0.6) is 0 Å². The minimum Gasteiger partial charge on any atom is -0.303 e. The van der Waals surface area contributed by atoms with Gasteiger partial charge in [0.05, 0.1) is 0 Å². The highest BCUT2D eigenvalue weighted by Crippen LogP contribution is 2.32. The Bertz CT molecular complexity index is 285. The zero-order chi connectivity index (χ0) is 10.6. The Morgan fingerprint density at radius 2 is 1.79 bits per heavy atom. The van der Waals surface area contributed by atoms with E-state index in [1.807, 2.05) is 37.3 Å². The van der Waals surface area contributed by atoms with Crippen LogP contribution in [0.3, 0.4) is 0 Å². The lowest BCUT2D eigenvalue weighted by Gasteiger charge is -2.21. The second kappa shape index (κ2) is 5.38. The van der Waals surface area contributed by atoms with Gasteiger partial charge in [-0.1, -0.05) is 37.3 Å². The van der Waals surface area contributed by atoms with Crippen molar-refractivity contribution in [2.75, 3.05) is 0 Å². The fourth-order valence-electron chi connectivity index (χ4n) is 1.44. The number of benzene rings is 1. The summed E-state index contributed by atoms with van der Waals surface area (Å²) in [4.78, 5) is 10.1. The molecule has 76 valence electrons. The molecule has 14 heavy (non-hydrogen) atoms. The molecular weight excluding hydrogens is 219 g/mol. The van der Waals surface area contributed by atoms with Crippen molar-refractivity contribution < 1.29 is 4.79 Å². The molecule has 0 fully saturated rings. The van der Waals surface area contributed by atoms with Crippen molar-refractivity contribution in [2.24, 2.45) is 5.92 Å². The maximum Gasteiger partial charge on any atom is 0.123 e. The van der Waals surface area contributed by atoms with Crippen molar-refractivity contribution in [1.29, 1.82) is 0 Å². The quantitative estimate of drug-likeness (QED) is 0.573. The van der Waals surface area contributed by atoms with Gasteiger partial charge in [-0.15, -0.1) is 23.2 Å². The number of carbonyl (C=O) groups is 1. The van der Waals surface area contributed by atoms with E-state index in [9.17, 15) is 4.79 Å². The molecule has 2 atom stereocenters. The molecule has 1 aromatic carbocycles. The highest BCUT2D eigenvalue weighted by molar-refractivity contribution is 6.44. The van der Waals surface area contributed by atoms with Gasteiger partial charge in [-0.25, -0.2) is 0 Å². The Kier molecular flexibility index (Phi) is 4.43. The highest BCUT2D eigenvalue weighted by Gasteiger charge is 2.24. The van der Waals surface area contributed by atoms with Crippen LogP contribution in [0.15, 0.2) is 30.3 Å². The van der Waals surface area contributed by atoms with Crippen LogP contribution in [0, 0.1) is 5.92 Å². The first-order valence-corrected chi connectivity index (χ1v) is 5.32. The number of alkyl halides is 2. The molecule has 0 spiro atoms. The van der Waals surface area contributed by atoms with Gasteiger partial charge in [0.1, 0.15) is 11.1 Å². The Hall–Kier alpha value is -0.530. The molecule has 3 heteroatoms. The summed E-state index contributed by atoms with van der Waals surface area (Å²) in [6.45, 7) is 1.82. The molecule has 0 aliphatic carbocycles. The smallest absolute Gasteiger partial charge is 0.123 e. The normalized spacial score (nSPS) is 15.1. The van der Waals surface area contributed by atoms with Gasteiger partial charge in [0.2, 0.25) is 0 Å². The minimum absolute atomic E-state index is 0.128. The van der Waals surface area contributed by atoms with E-state index in [1.165, 1.54) is 0 Å². The van der Waals surface area contributed by atoms with Gasteiger partial charge in [-0.3, -0.25) is 0 Å². The lowest BCUT2D eigenvalue weighted by molar-refractivity contribution is -0.111. The van der Waals surface area contributed by atoms with Gasteiger partial charge in [0.25, 0.3) is 0 Å². The fourth-order valence-corrected chi connectivity index (χ4v) is 2.19. The van der Waals surface area contributed by atoms with Gasteiger partial charge in [-0.2, -0.15) is 0 Å². The molecule has 1 nitrogen and oxygen atoms in total. The number of halogens is 2. The van der Waals surface area contributed by atoms with Crippen molar-refractivity contribution in [2.45, 2.75) is 17.7 Å². The SMILES string of the molecule is CC(C=O)C(c1ccccc1)C(Cl)Cl. The molecule has 2 unspecified atom stereocenters. The van der Waals surface area contributed by atoms with Crippen LogP contribution >= 0.6 is 23.2 Å². The van der Waals surface area contributed by atoms with E-state index in [2.05, 4.69) is 0 Å². The summed E-state index contributed by atoms with van der Waals surface area (Å²) in [6, 6.07) is 9.61. The molecule has 0 amide bonds. The van der Waals surface area contributed by atoms with E-state index in [0.29, 0.717) is 0 Å². The molecule has 0 aliphatic heterocycles. The molecule has 0 saturated carbocycles. The van der Waals surface area contributed by atoms with Crippen LogP contribution in [0.25, 0.3) is 0 Å². The maximum absolute atomic E-state index is 10.7. The van der Waals surface area contributed by atoms with Crippen LogP contribution < -0.4 is 0 Å². The maximum atomic E-state index is 10.7. The number of rotatable bonds is 4. The summed E-state index contributed by atoms with van der Waals surface area (Å²) in [7, 11) is 0. The Balaban J connectivity index is 2.94. The van der Waals surface area contributed by atoms with Crippen LogP contribution in [0.1, 0.15) is 18.4 Å². The average molecular weight is 231 g/mol. The molecule has 0 aliphatic rings. The van der Waals surface area contributed by atoms with Crippen molar-refractivity contribution in [3.63, 3.8) is 0 Å². The Morgan fingerprint density at radius 3 is 2.21 bits per heavy atom. The van der Waals surface area contributed by atoms with Gasteiger partial charge < -0.3 is 4.79 Å². The summed E-state index contributed by atoms with van der Waals surface area (Å²) in [5.74, 6) is -0.297. The average Bonchev–Trinajstić information content (AvgIpc) is 2.19. The summed E-state index contributed by atoms with van der Waals surface area (Å²) >= 11 is 11.7. The molecule has 0 bridgehead atoms. The predicted molar refractivity (Wildman–Crippen MR) is 59.9 cm³/mol. The van der Waals surface area contributed by atoms with Crippen molar-refractivity contribution in [3.8, 4) is 0 Å². The molecule has 0 N–H and O–H groups in total. The van der Waals surface area contributed by atoms with E-state index in [4.69, 9.17) is 23.2 Å². The zero-order valence-corrected chi connectivity index (χ0v) is 9.37. The van der Waals surface area contributed by atoms with Crippen LogP contribution in [-0.4, -0.2) is 11.1 Å². The van der Waals surface area contributed by atoms with E-state index in [0.717, 1.165) is 11.8 Å². The first-order chi connectivity index (χ1) is 6.66. The molecular formula is C11H12Cl2O. The largest absolute Gasteiger partial charge is 0.303 e. The molecule has 0 radical (unpaired) electrons. The number of carbonyl (C=O) groups excluding carboxylic acids is 1. The van der Waals surface area contributed by atoms with Gasteiger partial charge in [0.15, 0.2) is 0 Å². The molecule has 0 saturated heterocycles. The second-order valence-corrected chi connectivity index (χ2v) is 4.43. The van der Waals surface area contributed by atoms with E-state index in [-0.39, 0.29) is 11.8 Å². The Labute approximate surface area is 94.0 Å². The van der Waals surface area contributed by atoms with Gasteiger partial charge in [-0.05, 0) is 5.56 Å². The summed E-state index contributed by atoms with van der Waals surface area (Å²) in [5, 5.41) is 0. The van der Waals surface area contributed by atoms with Crippen molar-refractivity contribution in [1.82, 2.24) is 0 Å². The monoisotopic (exact) mass is 230 g/mol.